The van der Waals surface area contributed by atoms with E-state index < -0.39 is 17.5 Å². The lowest BCUT2D eigenvalue weighted by Gasteiger charge is -2.14. The number of benzene rings is 1. The minimum absolute atomic E-state index is 0.307. The molecule has 1 aliphatic carbocycles. The summed E-state index contributed by atoms with van der Waals surface area (Å²) in [5.41, 5.74) is 0.594. The van der Waals surface area contributed by atoms with Gasteiger partial charge >= 0.3 is 11.9 Å². The molecule has 1 aromatic rings. The van der Waals surface area contributed by atoms with E-state index >= 15 is 0 Å². The molecule has 0 heterocycles. The fourth-order valence-corrected chi connectivity index (χ4v) is 2.27. The van der Waals surface area contributed by atoms with Gasteiger partial charge in [-0.25, -0.2) is 4.79 Å². The van der Waals surface area contributed by atoms with Crippen molar-refractivity contribution in [3.05, 3.63) is 39.9 Å². The molecule has 0 bridgehead atoms. The molecule has 0 aromatic heterocycles. The third-order valence-electron chi connectivity index (χ3n) is 2.53. The lowest BCUT2D eigenvalue weighted by molar-refractivity contribution is -0.156. The number of rotatable bonds is 2. The third kappa shape index (κ3) is 1.55. The van der Waals surface area contributed by atoms with Crippen LogP contribution in [0.3, 0.4) is 0 Å². The predicted molar refractivity (Wildman–Crippen MR) is 58.4 cm³/mol. The monoisotopic (exact) mass is 288 g/mol. The van der Waals surface area contributed by atoms with Crippen molar-refractivity contribution in [3.63, 3.8) is 0 Å². The van der Waals surface area contributed by atoms with Crippen LogP contribution in [-0.2, 0) is 11.2 Å². The van der Waals surface area contributed by atoms with Crippen LogP contribution in [0, 0.1) is 0 Å². The lowest BCUT2D eigenvalue weighted by atomic mass is 10.0. The van der Waals surface area contributed by atoms with E-state index in [2.05, 4.69) is 15.9 Å². The van der Waals surface area contributed by atoms with Gasteiger partial charge < -0.3 is 5.11 Å². The molecule has 0 saturated carbocycles. The molecule has 1 N–H and O–H groups in total. The lowest BCUT2D eigenvalue weighted by Crippen LogP contribution is -2.29. The molecule has 0 saturated heterocycles. The summed E-state index contributed by atoms with van der Waals surface area (Å²) in [6.45, 7) is 0. The van der Waals surface area contributed by atoms with Gasteiger partial charge in [-0.15, -0.1) is 0 Å². The zero-order valence-electron chi connectivity index (χ0n) is 8.01. The Labute approximate surface area is 98.7 Å². The number of carboxylic acid groups (broad SMARTS) is 1. The molecule has 0 aliphatic heterocycles. The van der Waals surface area contributed by atoms with Crippen LogP contribution in [0.1, 0.15) is 11.1 Å². The average molecular weight is 289 g/mol. The molecule has 0 amide bonds. The largest absolute Gasteiger partial charge is 0.477 e. The fraction of sp³-hybridized carbons (Fsp3) is 0.182. The van der Waals surface area contributed by atoms with Crippen molar-refractivity contribution < 1.29 is 18.7 Å². The highest BCUT2D eigenvalue weighted by Gasteiger charge is 2.45. The van der Waals surface area contributed by atoms with Gasteiger partial charge in [0, 0.05) is 10.0 Å². The zero-order valence-corrected chi connectivity index (χ0v) is 9.59. The fourth-order valence-electron chi connectivity index (χ4n) is 1.75. The van der Waals surface area contributed by atoms with E-state index in [0.29, 0.717) is 17.5 Å². The molecule has 0 atom stereocenters. The quantitative estimate of drug-likeness (QED) is 0.908. The first-order valence-electron chi connectivity index (χ1n) is 4.54. The van der Waals surface area contributed by atoms with E-state index in [1.165, 1.54) is 12.1 Å². The molecule has 0 radical (unpaired) electrons. The maximum atomic E-state index is 13.4. The molecule has 0 spiro atoms. The summed E-state index contributed by atoms with van der Waals surface area (Å²) in [6, 6.07) is 4.87. The Hall–Kier alpha value is -1.23. The number of aliphatic carboxylic acids is 1. The van der Waals surface area contributed by atoms with Crippen LogP contribution in [0.5, 0.6) is 0 Å². The molecule has 5 heteroatoms. The summed E-state index contributed by atoms with van der Waals surface area (Å²) in [7, 11) is 0. The van der Waals surface area contributed by atoms with Gasteiger partial charge in [-0.05, 0) is 23.6 Å². The number of carbonyl (C=O) groups is 1. The third-order valence-corrected chi connectivity index (χ3v) is 3.27. The second-order valence-electron chi connectivity index (χ2n) is 3.47. The highest BCUT2D eigenvalue weighted by molar-refractivity contribution is 9.10. The van der Waals surface area contributed by atoms with Crippen LogP contribution in [-0.4, -0.2) is 17.0 Å². The number of alkyl halides is 2. The SMILES string of the molecule is O=C(O)C(F)(F)C1=CCc2c(Br)cccc21. The van der Waals surface area contributed by atoms with E-state index in [1.54, 1.807) is 12.1 Å². The summed E-state index contributed by atoms with van der Waals surface area (Å²) < 4.78 is 27.5. The van der Waals surface area contributed by atoms with Gasteiger partial charge in [0.15, 0.2) is 0 Å². The molecule has 2 rings (SSSR count). The highest BCUT2D eigenvalue weighted by atomic mass is 79.9. The van der Waals surface area contributed by atoms with Crippen molar-refractivity contribution in [1.82, 2.24) is 0 Å². The molecule has 1 aromatic carbocycles. The van der Waals surface area contributed by atoms with Gasteiger partial charge in [-0.2, -0.15) is 8.78 Å². The summed E-state index contributed by atoms with van der Waals surface area (Å²) in [4.78, 5) is 10.5. The number of allylic oxidation sites excluding steroid dienone is 1. The van der Waals surface area contributed by atoms with Gasteiger partial charge in [0.1, 0.15) is 0 Å². The molecule has 0 unspecified atom stereocenters. The van der Waals surface area contributed by atoms with Gasteiger partial charge in [0.25, 0.3) is 0 Å². The Morgan fingerprint density at radius 1 is 1.44 bits per heavy atom. The maximum absolute atomic E-state index is 13.4. The van der Waals surface area contributed by atoms with Gasteiger partial charge in [-0.1, -0.05) is 34.1 Å². The van der Waals surface area contributed by atoms with E-state index in [4.69, 9.17) is 5.11 Å². The van der Waals surface area contributed by atoms with Crippen molar-refractivity contribution in [3.8, 4) is 0 Å². The van der Waals surface area contributed by atoms with Crippen LogP contribution in [0.25, 0.3) is 5.57 Å². The Morgan fingerprint density at radius 2 is 2.12 bits per heavy atom. The normalized spacial score (nSPS) is 14.6. The van der Waals surface area contributed by atoms with Crippen molar-refractivity contribution in [2.24, 2.45) is 0 Å². The number of carboxylic acids is 1. The van der Waals surface area contributed by atoms with Crippen LogP contribution in [0.2, 0.25) is 0 Å². The Kier molecular flexibility index (Phi) is 2.58. The van der Waals surface area contributed by atoms with Crippen LogP contribution in [0.4, 0.5) is 8.78 Å². The molecule has 2 nitrogen and oxygen atoms in total. The Balaban J connectivity index is 2.52. The Bertz CT molecular complexity index is 495. The summed E-state index contributed by atoms with van der Waals surface area (Å²) in [5.74, 6) is -5.95. The summed E-state index contributed by atoms with van der Waals surface area (Å²) in [6.07, 6.45) is 1.60. The zero-order chi connectivity index (χ0) is 11.9. The minimum atomic E-state index is -3.83. The van der Waals surface area contributed by atoms with Crippen LogP contribution < -0.4 is 0 Å². The second kappa shape index (κ2) is 3.66. The van der Waals surface area contributed by atoms with Crippen LogP contribution >= 0.6 is 15.9 Å². The Morgan fingerprint density at radius 3 is 2.75 bits per heavy atom. The van der Waals surface area contributed by atoms with Crippen molar-refractivity contribution in [1.29, 1.82) is 0 Å². The number of hydrogen-bond acceptors (Lipinski definition) is 1. The van der Waals surface area contributed by atoms with Crippen LogP contribution in [0.15, 0.2) is 28.7 Å². The van der Waals surface area contributed by atoms with Gasteiger partial charge in [0.2, 0.25) is 0 Å². The number of halogens is 3. The smallest absolute Gasteiger partial charge is 0.379 e. The molecular weight excluding hydrogens is 282 g/mol. The molecule has 84 valence electrons. The minimum Gasteiger partial charge on any atom is -0.477 e. The maximum Gasteiger partial charge on any atom is 0.379 e. The standard InChI is InChI=1S/C11H7BrF2O2/c12-9-3-1-2-6-7(9)4-5-8(6)11(13,14)10(15)16/h1-3,5H,4H2,(H,15,16). The summed E-state index contributed by atoms with van der Waals surface area (Å²) >= 11 is 3.25. The van der Waals surface area contributed by atoms with Crippen molar-refractivity contribution in [2.45, 2.75) is 12.3 Å². The molecule has 16 heavy (non-hydrogen) atoms. The van der Waals surface area contributed by atoms with Crippen molar-refractivity contribution in [2.75, 3.05) is 0 Å². The van der Waals surface area contributed by atoms with Gasteiger partial charge in [0.05, 0.1) is 0 Å². The topological polar surface area (TPSA) is 37.3 Å². The van der Waals surface area contributed by atoms with E-state index in [-0.39, 0.29) is 0 Å². The second-order valence-corrected chi connectivity index (χ2v) is 4.32. The predicted octanol–water partition coefficient (Wildman–Crippen LogP) is 3.11. The number of fused-ring (bicyclic) bond motifs is 1. The van der Waals surface area contributed by atoms with E-state index in [0.717, 1.165) is 4.47 Å². The highest BCUT2D eigenvalue weighted by Crippen LogP contribution is 2.41. The van der Waals surface area contributed by atoms with Crippen molar-refractivity contribution >= 4 is 27.5 Å². The van der Waals surface area contributed by atoms with Gasteiger partial charge in [-0.3, -0.25) is 0 Å². The summed E-state index contributed by atoms with van der Waals surface area (Å²) in [5, 5.41) is 8.49. The van der Waals surface area contributed by atoms with E-state index in [1.807, 2.05) is 0 Å². The number of hydrogen-bond donors (Lipinski definition) is 1. The first-order valence-corrected chi connectivity index (χ1v) is 5.33. The molecule has 0 fully saturated rings. The average Bonchev–Trinajstić information content (AvgIpc) is 2.63. The van der Waals surface area contributed by atoms with E-state index in [9.17, 15) is 13.6 Å². The molecular formula is C11H7BrF2O2. The first kappa shape index (κ1) is 11.3. The first-order chi connectivity index (χ1) is 7.44. The molecule has 1 aliphatic rings.